The van der Waals surface area contributed by atoms with Crippen molar-refractivity contribution in [1.82, 2.24) is 4.98 Å². The standard InChI is InChI=1S/C11H11NO4/c1-3-14-11(13)8-10(16-6-12-8)9-7(2)4-5-15-9/h4-6H,3H2,1-2H3. The van der Waals surface area contributed by atoms with E-state index in [0.29, 0.717) is 18.1 Å². The zero-order valence-electron chi connectivity index (χ0n) is 9.02. The molecule has 5 nitrogen and oxygen atoms in total. The first-order chi connectivity index (χ1) is 7.74. The molecule has 0 aliphatic rings. The molecule has 0 radical (unpaired) electrons. The first kappa shape index (κ1) is 10.5. The van der Waals surface area contributed by atoms with Crippen molar-refractivity contribution in [1.29, 1.82) is 0 Å². The number of aromatic nitrogens is 1. The number of hydrogen-bond donors (Lipinski definition) is 0. The summed E-state index contributed by atoms with van der Waals surface area (Å²) >= 11 is 0. The number of aryl methyl sites for hydroxylation is 1. The Morgan fingerprint density at radius 3 is 2.88 bits per heavy atom. The highest BCUT2D eigenvalue weighted by atomic mass is 16.5. The van der Waals surface area contributed by atoms with Gasteiger partial charge in [0.05, 0.1) is 12.9 Å². The topological polar surface area (TPSA) is 65.5 Å². The first-order valence-electron chi connectivity index (χ1n) is 4.89. The van der Waals surface area contributed by atoms with Gasteiger partial charge in [-0.15, -0.1) is 0 Å². The minimum atomic E-state index is -0.512. The summed E-state index contributed by atoms with van der Waals surface area (Å²) in [5.41, 5.74) is 1.02. The summed E-state index contributed by atoms with van der Waals surface area (Å²) in [6.07, 6.45) is 2.73. The third-order valence-corrected chi connectivity index (χ3v) is 2.10. The van der Waals surface area contributed by atoms with Gasteiger partial charge in [-0.05, 0) is 25.5 Å². The lowest BCUT2D eigenvalue weighted by Crippen LogP contribution is -2.06. The molecule has 0 aliphatic carbocycles. The Balaban J connectivity index is 2.40. The molecule has 0 unspecified atom stereocenters. The third-order valence-electron chi connectivity index (χ3n) is 2.10. The highest BCUT2D eigenvalue weighted by molar-refractivity contribution is 5.93. The van der Waals surface area contributed by atoms with Gasteiger partial charge in [0.25, 0.3) is 0 Å². The van der Waals surface area contributed by atoms with Gasteiger partial charge in [0, 0.05) is 0 Å². The highest BCUT2D eigenvalue weighted by Crippen LogP contribution is 2.27. The highest BCUT2D eigenvalue weighted by Gasteiger charge is 2.22. The van der Waals surface area contributed by atoms with Crippen LogP contribution >= 0.6 is 0 Å². The van der Waals surface area contributed by atoms with E-state index < -0.39 is 5.97 Å². The molecular weight excluding hydrogens is 210 g/mol. The number of furan rings is 1. The molecule has 5 heteroatoms. The number of carbonyl (C=O) groups is 1. The van der Waals surface area contributed by atoms with Gasteiger partial charge < -0.3 is 13.6 Å². The zero-order chi connectivity index (χ0) is 11.5. The summed E-state index contributed by atoms with van der Waals surface area (Å²) in [7, 11) is 0. The van der Waals surface area contributed by atoms with E-state index in [0.717, 1.165) is 5.56 Å². The molecule has 0 spiro atoms. The molecule has 2 aromatic rings. The van der Waals surface area contributed by atoms with E-state index >= 15 is 0 Å². The number of rotatable bonds is 3. The van der Waals surface area contributed by atoms with Gasteiger partial charge in [0.15, 0.2) is 17.8 Å². The average Bonchev–Trinajstić information content (AvgIpc) is 2.85. The molecule has 16 heavy (non-hydrogen) atoms. The number of oxazole rings is 1. The van der Waals surface area contributed by atoms with Crippen LogP contribution in [0, 0.1) is 6.92 Å². The predicted octanol–water partition coefficient (Wildman–Crippen LogP) is 2.42. The molecule has 2 heterocycles. The van der Waals surface area contributed by atoms with Crippen molar-refractivity contribution in [3.05, 3.63) is 30.0 Å². The summed E-state index contributed by atoms with van der Waals surface area (Å²) in [4.78, 5) is 15.4. The Morgan fingerprint density at radius 2 is 2.25 bits per heavy atom. The quantitative estimate of drug-likeness (QED) is 0.744. The van der Waals surface area contributed by atoms with E-state index in [9.17, 15) is 4.79 Å². The molecule has 0 bridgehead atoms. The fraction of sp³-hybridized carbons (Fsp3) is 0.273. The van der Waals surface area contributed by atoms with Crippen LogP contribution in [0.4, 0.5) is 0 Å². The Labute approximate surface area is 92.0 Å². The van der Waals surface area contributed by atoms with Crippen molar-refractivity contribution < 1.29 is 18.4 Å². The van der Waals surface area contributed by atoms with E-state index in [1.165, 1.54) is 12.7 Å². The smallest absolute Gasteiger partial charge is 0.361 e. The van der Waals surface area contributed by atoms with Gasteiger partial charge in [-0.1, -0.05) is 0 Å². The van der Waals surface area contributed by atoms with E-state index in [2.05, 4.69) is 4.98 Å². The van der Waals surface area contributed by atoms with Crippen LogP contribution in [0.25, 0.3) is 11.5 Å². The lowest BCUT2D eigenvalue weighted by molar-refractivity contribution is 0.0520. The first-order valence-corrected chi connectivity index (χ1v) is 4.89. The van der Waals surface area contributed by atoms with Crippen molar-refractivity contribution in [2.24, 2.45) is 0 Å². The molecule has 0 aliphatic heterocycles. The molecule has 2 aromatic heterocycles. The predicted molar refractivity (Wildman–Crippen MR) is 54.9 cm³/mol. The maximum absolute atomic E-state index is 11.5. The largest absolute Gasteiger partial charge is 0.461 e. The average molecular weight is 221 g/mol. The second-order valence-electron chi connectivity index (χ2n) is 3.18. The maximum Gasteiger partial charge on any atom is 0.361 e. The van der Waals surface area contributed by atoms with Gasteiger partial charge in [-0.2, -0.15) is 0 Å². The minimum absolute atomic E-state index is 0.139. The van der Waals surface area contributed by atoms with Gasteiger partial charge in [0.1, 0.15) is 0 Å². The number of hydrogen-bond acceptors (Lipinski definition) is 5. The number of esters is 1. The van der Waals surface area contributed by atoms with Crippen molar-refractivity contribution >= 4 is 5.97 Å². The Hall–Kier alpha value is -2.04. The van der Waals surface area contributed by atoms with Gasteiger partial charge in [-0.3, -0.25) is 0 Å². The summed E-state index contributed by atoms with van der Waals surface area (Å²) < 4.78 is 15.2. The van der Waals surface area contributed by atoms with Crippen molar-refractivity contribution in [3.63, 3.8) is 0 Å². The van der Waals surface area contributed by atoms with E-state index in [1.807, 2.05) is 6.92 Å². The summed E-state index contributed by atoms with van der Waals surface area (Å²) in [5, 5.41) is 0. The van der Waals surface area contributed by atoms with E-state index in [-0.39, 0.29) is 5.69 Å². The fourth-order valence-corrected chi connectivity index (χ4v) is 1.36. The Kier molecular flexibility index (Phi) is 2.76. The zero-order valence-corrected chi connectivity index (χ0v) is 9.02. The SMILES string of the molecule is CCOC(=O)c1ncoc1-c1occc1C. The minimum Gasteiger partial charge on any atom is -0.461 e. The Morgan fingerprint density at radius 1 is 1.44 bits per heavy atom. The molecule has 0 saturated carbocycles. The molecule has 0 fully saturated rings. The third kappa shape index (κ3) is 1.71. The Bertz CT molecular complexity index is 498. The van der Waals surface area contributed by atoms with Gasteiger partial charge in [0.2, 0.25) is 5.76 Å². The number of nitrogens with zero attached hydrogens (tertiary/aromatic N) is 1. The van der Waals surface area contributed by atoms with Crippen LogP contribution in [0.1, 0.15) is 23.0 Å². The van der Waals surface area contributed by atoms with Crippen LogP contribution in [0.5, 0.6) is 0 Å². The summed E-state index contributed by atoms with van der Waals surface area (Å²) in [6, 6.07) is 1.78. The van der Waals surface area contributed by atoms with Gasteiger partial charge >= 0.3 is 5.97 Å². The van der Waals surface area contributed by atoms with Crippen molar-refractivity contribution in [2.75, 3.05) is 6.61 Å². The van der Waals surface area contributed by atoms with Crippen LogP contribution in [0.3, 0.4) is 0 Å². The second-order valence-corrected chi connectivity index (χ2v) is 3.18. The van der Waals surface area contributed by atoms with E-state index in [1.54, 1.807) is 13.0 Å². The molecule has 0 N–H and O–H groups in total. The summed E-state index contributed by atoms with van der Waals surface area (Å²) in [5.74, 6) is 0.295. The van der Waals surface area contributed by atoms with Crippen molar-refractivity contribution in [2.45, 2.75) is 13.8 Å². The molecule has 0 saturated heterocycles. The number of carbonyl (C=O) groups excluding carboxylic acids is 1. The lowest BCUT2D eigenvalue weighted by atomic mass is 10.2. The van der Waals surface area contributed by atoms with E-state index in [4.69, 9.17) is 13.6 Å². The number of ether oxygens (including phenoxy) is 1. The fourth-order valence-electron chi connectivity index (χ4n) is 1.36. The maximum atomic E-state index is 11.5. The molecule has 2 rings (SSSR count). The second kappa shape index (κ2) is 4.22. The monoisotopic (exact) mass is 221 g/mol. The van der Waals surface area contributed by atoms with Crippen molar-refractivity contribution in [3.8, 4) is 11.5 Å². The van der Waals surface area contributed by atoms with Crippen LogP contribution in [-0.2, 0) is 4.74 Å². The lowest BCUT2D eigenvalue weighted by Gasteiger charge is -1.99. The molecule has 84 valence electrons. The van der Waals surface area contributed by atoms with Crippen LogP contribution in [0.15, 0.2) is 27.6 Å². The van der Waals surface area contributed by atoms with Crippen LogP contribution in [-0.4, -0.2) is 17.6 Å². The van der Waals surface area contributed by atoms with Crippen LogP contribution in [0.2, 0.25) is 0 Å². The molecule has 0 amide bonds. The summed E-state index contributed by atoms with van der Waals surface area (Å²) in [6.45, 7) is 3.88. The van der Waals surface area contributed by atoms with Gasteiger partial charge in [-0.25, -0.2) is 9.78 Å². The normalized spacial score (nSPS) is 10.4. The molecular formula is C11H11NO4. The van der Waals surface area contributed by atoms with Crippen LogP contribution < -0.4 is 0 Å². The molecule has 0 aromatic carbocycles. The molecule has 0 atom stereocenters.